The van der Waals surface area contributed by atoms with Crippen LogP contribution in [0.3, 0.4) is 0 Å². The minimum absolute atomic E-state index is 0.158. The van der Waals surface area contributed by atoms with Gasteiger partial charge >= 0.3 is 5.97 Å². The molecule has 3 rings (SSSR count). The summed E-state index contributed by atoms with van der Waals surface area (Å²) in [6.07, 6.45) is 0.706. The highest BCUT2D eigenvalue weighted by Gasteiger charge is 2.18. The molecule has 0 saturated heterocycles. The zero-order valence-corrected chi connectivity index (χ0v) is 12.9. The topological polar surface area (TPSA) is 59.3 Å². The van der Waals surface area contributed by atoms with Gasteiger partial charge in [0.2, 0.25) is 0 Å². The summed E-state index contributed by atoms with van der Waals surface area (Å²) in [7, 11) is 0. The molecule has 0 aliphatic carbocycles. The predicted molar refractivity (Wildman–Crippen MR) is 88.0 cm³/mol. The van der Waals surface area contributed by atoms with E-state index in [2.05, 4.69) is 0 Å². The number of aromatic carboxylic acids is 1. The Morgan fingerprint density at radius 2 is 2.00 bits per heavy atom. The first-order valence-electron chi connectivity index (χ1n) is 7.03. The van der Waals surface area contributed by atoms with Gasteiger partial charge in [0.25, 0.3) is 5.56 Å². The van der Waals surface area contributed by atoms with Gasteiger partial charge in [-0.25, -0.2) is 4.79 Å². The highest BCUT2D eigenvalue weighted by molar-refractivity contribution is 7.17. The highest BCUT2D eigenvalue weighted by Crippen LogP contribution is 2.28. The summed E-state index contributed by atoms with van der Waals surface area (Å²) in [6.45, 7) is 2.34. The molecule has 5 heteroatoms. The summed E-state index contributed by atoms with van der Waals surface area (Å²) in [5.74, 6) is -0.999. The first kappa shape index (κ1) is 14.5. The van der Waals surface area contributed by atoms with Crippen molar-refractivity contribution in [2.45, 2.75) is 19.9 Å². The van der Waals surface area contributed by atoms with Crippen LogP contribution >= 0.6 is 11.3 Å². The number of rotatable bonds is 4. The van der Waals surface area contributed by atoms with Crippen molar-refractivity contribution in [2.75, 3.05) is 0 Å². The van der Waals surface area contributed by atoms with Crippen LogP contribution in [0.1, 0.15) is 28.4 Å². The number of hydrogen-bond donors (Lipinski definition) is 1. The molecule has 0 amide bonds. The van der Waals surface area contributed by atoms with Gasteiger partial charge < -0.3 is 9.67 Å². The van der Waals surface area contributed by atoms with Crippen LogP contribution in [0.5, 0.6) is 0 Å². The van der Waals surface area contributed by atoms with Crippen LogP contribution in [0.25, 0.3) is 10.2 Å². The monoisotopic (exact) mass is 313 g/mol. The molecular formula is C17H15NO3S. The van der Waals surface area contributed by atoms with Crippen LogP contribution in [0.2, 0.25) is 0 Å². The second-order valence-electron chi connectivity index (χ2n) is 5.07. The van der Waals surface area contributed by atoms with Gasteiger partial charge in [0.1, 0.15) is 0 Å². The van der Waals surface area contributed by atoms with Crippen LogP contribution in [0.4, 0.5) is 0 Å². The molecule has 2 aromatic heterocycles. The number of thiophene rings is 1. The summed E-state index contributed by atoms with van der Waals surface area (Å²) in [5.41, 5.74) is 2.45. The fourth-order valence-corrected chi connectivity index (χ4v) is 3.72. The summed E-state index contributed by atoms with van der Waals surface area (Å²) in [5, 5.41) is 11.0. The van der Waals surface area contributed by atoms with Crippen molar-refractivity contribution in [1.82, 2.24) is 4.57 Å². The molecule has 0 radical (unpaired) electrons. The van der Waals surface area contributed by atoms with Crippen LogP contribution in [-0.2, 0) is 13.0 Å². The van der Waals surface area contributed by atoms with Crippen molar-refractivity contribution >= 4 is 27.5 Å². The lowest BCUT2D eigenvalue weighted by molar-refractivity contribution is 0.0699. The zero-order valence-electron chi connectivity index (χ0n) is 12.1. The van der Waals surface area contributed by atoms with Crippen molar-refractivity contribution < 1.29 is 9.90 Å². The molecule has 0 atom stereocenters. The van der Waals surface area contributed by atoms with E-state index in [4.69, 9.17) is 0 Å². The first-order chi connectivity index (χ1) is 10.6. The Morgan fingerprint density at radius 3 is 2.64 bits per heavy atom. The molecule has 22 heavy (non-hydrogen) atoms. The normalized spacial score (nSPS) is 11.0. The molecule has 0 unspecified atom stereocenters. The summed E-state index contributed by atoms with van der Waals surface area (Å²) in [4.78, 5) is 23.9. The van der Waals surface area contributed by atoms with Crippen molar-refractivity contribution in [3.63, 3.8) is 0 Å². The zero-order chi connectivity index (χ0) is 15.7. The summed E-state index contributed by atoms with van der Waals surface area (Å²) < 4.78 is 2.44. The minimum Gasteiger partial charge on any atom is -0.478 e. The maximum absolute atomic E-state index is 12.5. The summed E-state index contributed by atoms with van der Waals surface area (Å²) in [6, 6.07) is 11.2. The van der Waals surface area contributed by atoms with E-state index in [0.717, 1.165) is 15.8 Å². The number of nitrogens with zero attached hydrogens (tertiary/aromatic N) is 1. The second kappa shape index (κ2) is 5.77. The molecule has 0 saturated carbocycles. The average molecular weight is 313 g/mol. The Balaban J connectivity index is 2.28. The SMILES string of the molecule is CCc1cc(=O)n(Cc2ccccc2)c2c(C(=O)O)csc12. The quantitative estimate of drug-likeness (QED) is 0.803. The molecule has 0 fully saturated rings. The van der Waals surface area contributed by atoms with Crippen molar-refractivity contribution in [2.24, 2.45) is 0 Å². The van der Waals surface area contributed by atoms with Gasteiger partial charge in [-0.3, -0.25) is 4.79 Å². The lowest BCUT2D eigenvalue weighted by Gasteiger charge is -2.11. The van der Waals surface area contributed by atoms with Gasteiger partial charge in [-0.15, -0.1) is 11.3 Å². The van der Waals surface area contributed by atoms with E-state index in [-0.39, 0.29) is 11.1 Å². The maximum Gasteiger partial charge on any atom is 0.338 e. The standard InChI is InChI=1S/C17H15NO3S/c1-2-12-8-14(19)18(9-11-6-4-3-5-7-11)15-13(17(20)21)10-22-16(12)15/h3-8,10H,2,9H2,1H3,(H,20,21). The maximum atomic E-state index is 12.5. The van der Waals surface area contributed by atoms with Gasteiger partial charge in [0.15, 0.2) is 0 Å². The smallest absolute Gasteiger partial charge is 0.338 e. The van der Waals surface area contributed by atoms with E-state index in [1.807, 2.05) is 37.3 Å². The Bertz CT molecular complexity index is 893. The number of carboxylic acid groups (broad SMARTS) is 1. The third-order valence-corrected chi connectivity index (χ3v) is 4.73. The molecule has 0 aliphatic heterocycles. The van der Waals surface area contributed by atoms with Gasteiger partial charge in [0.05, 0.1) is 22.3 Å². The number of carbonyl (C=O) groups is 1. The number of aromatic nitrogens is 1. The number of pyridine rings is 1. The van der Waals surface area contributed by atoms with E-state index in [1.165, 1.54) is 11.3 Å². The van der Waals surface area contributed by atoms with Crippen LogP contribution < -0.4 is 5.56 Å². The molecule has 0 spiro atoms. The van der Waals surface area contributed by atoms with Gasteiger partial charge in [0, 0.05) is 11.4 Å². The Kier molecular flexibility index (Phi) is 3.81. The number of benzene rings is 1. The van der Waals surface area contributed by atoms with E-state index in [0.29, 0.717) is 18.5 Å². The molecule has 1 aromatic carbocycles. The van der Waals surface area contributed by atoms with E-state index in [1.54, 1.807) is 16.0 Å². The number of aryl methyl sites for hydroxylation is 1. The average Bonchev–Trinajstić information content (AvgIpc) is 2.96. The second-order valence-corrected chi connectivity index (χ2v) is 5.95. The lowest BCUT2D eigenvalue weighted by Crippen LogP contribution is -2.22. The lowest BCUT2D eigenvalue weighted by atomic mass is 10.1. The Morgan fingerprint density at radius 1 is 1.27 bits per heavy atom. The molecular weight excluding hydrogens is 298 g/mol. The largest absolute Gasteiger partial charge is 0.478 e. The number of fused-ring (bicyclic) bond motifs is 1. The highest BCUT2D eigenvalue weighted by atomic mass is 32.1. The minimum atomic E-state index is -0.999. The fourth-order valence-electron chi connectivity index (χ4n) is 2.59. The van der Waals surface area contributed by atoms with Gasteiger partial charge in [-0.1, -0.05) is 37.3 Å². The molecule has 0 bridgehead atoms. The van der Waals surface area contributed by atoms with Crippen molar-refractivity contribution in [1.29, 1.82) is 0 Å². The third kappa shape index (κ3) is 2.44. The van der Waals surface area contributed by atoms with E-state index >= 15 is 0 Å². The molecule has 4 nitrogen and oxygen atoms in total. The van der Waals surface area contributed by atoms with Gasteiger partial charge in [-0.2, -0.15) is 0 Å². The van der Waals surface area contributed by atoms with Crippen LogP contribution in [-0.4, -0.2) is 15.6 Å². The van der Waals surface area contributed by atoms with Crippen molar-refractivity contribution in [3.05, 3.63) is 68.8 Å². The van der Waals surface area contributed by atoms with Crippen LogP contribution in [0.15, 0.2) is 46.6 Å². The molecule has 3 aromatic rings. The molecule has 1 N–H and O–H groups in total. The predicted octanol–water partition coefficient (Wildman–Crippen LogP) is 3.37. The first-order valence-corrected chi connectivity index (χ1v) is 7.91. The third-order valence-electron chi connectivity index (χ3n) is 3.68. The Hall–Kier alpha value is -2.40. The number of carboxylic acids is 1. The molecule has 112 valence electrons. The van der Waals surface area contributed by atoms with Crippen LogP contribution in [0, 0.1) is 0 Å². The van der Waals surface area contributed by atoms with E-state index < -0.39 is 5.97 Å². The summed E-state index contributed by atoms with van der Waals surface area (Å²) >= 11 is 1.39. The molecule has 2 heterocycles. The Labute approximate surface area is 131 Å². The van der Waals surface area contributed by atoms with Gasteiger partial charge in [-0.05, 0) is 17.5 Å². The fraction of sp³-hybridized carbons (Fsp3) is 0.176. The number of hydrogen-bond acceptors (Lipinski definition) is 3. The molecule has 0 aliphatic rings. The van der Waals surface area contributed by atoms with E-state index in [9.17, 15) is 14.7 Å². The van der Waals surface area contributed by atoms with Crippen molar-refractivity contribution in [3.8, 4) is 0 Å².